The van der Waals surface area contributed by atoms with Gasteiger partial charge >= 0.3 is 58.7 Å². The van der Waals surface area contributed by atoms with Crippen molar-refractivity contribution >= 4 is 7.32 Å². The zero-order valence-electron chi connectivity index (χ0n) is 4.81. The molecule has 0 aromatic rings. The molecule has 0 heterocycles. The van der Waals surface area contributed by atoms with Crippen molar-refractivity contribution in [2.24, 2.45) is 0 Å². The predicted molar refractivity (Wildman–Crippen MR) is 18.8 cm³/mol. The van der Waals surface area contributed by atoms with Crippen molar-refractivity contribution in [1.29, 1.82) is 0 Å². The summed E-state index contributed by atoms with van der Waals surface area (Å²) in [4.78, 5) is 0. The molecule has 0 aliphatic carbocycles. The second-order valence-corrected chi connectivity index (χ2v) is 0.346. The van der Waals surface area contributed by atoms with E-state index in [9.17, 15) is 0 Å². The number of hydrogen-bond acceptors (Lipinski definition) is 5. The summed E-state index contributed by atoms with van der Waals surface area (Å²) in [6.07, 6.45) is 0. The van der Waals surface area contributed by atoms with E-state index in [4.69, 9.17) is 25.6 Å². The van der Waals surface area contributed by atoms with Crippen molar-refractivity contribution in [2.75, 3.05) is 0 Å². The molecule has 0 aliphatic rings. The molecule has 0 aromatic carbocycles. The van der Waals surface area contributed by atoms with Crippen molar-refractivity contribution in [3.63, 3.8) is 0 Å². The smallest absolute Gasteiger partial charge is 1.00 e. The Labute approximate surface area is 84.6 Å². The maximum absolute atomic E-state index is 7.17. The van der Waals surface area contributed by atoms with E-state index >= 15 is 0 Å². The molecular weight excluding hydrogens is 130 g/mol. The van der Waals surface area contributed by atoms with Gasteiger partial charge in [-0.05, 0) is 0 Å². The minimum atomic E-state index is -2.17. The molecule has 0 aliphatic heterocycles. The first-order valence-electron chi connectivity index (χ1n) is 0.975. The third kappa shape index (κ3) is 101. The second kappa shape index (κ2) is 15.6. The van der Waals surface area contributed by atoms with Gasteiger partial charge in [0.15, 0.2) is 0 Å². The summed E-state index contributed by atoms with van der Waals surface area (Å²) in [5.41, 5.74) is 0. The molecule has 0 atom stereocenters. The van der Waals surface area contributed by atoms with Gasteiger partial charge in [0.05, 0.1) is 0 Å². The van der Waals surface area contributed by atoms with Crippen LogP contribution in [-0.2, 0) is 0 Å². The van der Waals surface area contributed by atoms with Crippen molar-refractivity contribution < 1.29 is 78.4 Å². The van der Waals surface area contributed by atoms with E-state index in [1.54, 1.807) is 0 Å². The van der Waals surface area contributed by atoms with Gasteiger partial charge in [-0.2, -0.15) is 0 Å². The van der Waals surface area contributed by atoms with E-state index in [0.717, 1.165) is 0 Å². The van der Waals surface area contributed by atoms with Gasteiger partial charge < -0.3 is 16.5 Å². The number of rotatable bonds is 0. The zero-order valence-corrected chi connectivity index (χ0v) is 6.94. The Morgan fingerprint density at radius 3 is 1.00 bits per heavy atom. The quantitative estimate of drug-likeness (QED) is 0.130. The Kier molecular flexibility index (Phi) is 35.3. The van der Waals surface area contributed by atoms with Gasteiger partial charge in [0.25, 0.3) is 0 Å². The van der Waals surface area contributed by atoms with E-state index in [1.807, 2.05) is 0 Å². The monoisotopic (exact) mass is 136 g/mol. The van der Waals surface area contributed by atoms with Gasteiger partial charge in [-0.3, -0.25) is 10.5 Å². The van der Waals surface area contributed by atoms with Crippen LogP contribution in [0, 0.1) is 0 Å². The first-order chi connectivity index (χ1) is 2.73. The van der Waals surface area contributed by atoms with Gasteiger partial charge in [-0.25, -0.2) is 0 Å². The molecule has 5 N–H and O–H groups in total. The minimum Gasteiger partial charge on any atom is -1.00 e. The third-order valence-electron chi connectivity index (χ3n) is 0. The van der Waals surface area contributed by atoms with Crippen LogP contribution < -0.4 is 51.4 Å². The topological polar surface area (TPSA) is 101 Å². The molecule has 0 radical (unpaired) electrons. The summed E-state index contributed by atoms with van der Waals surface area (Å²) in [5, 5.41) is 33.5. The molecule has 0 aromatic heterocycles. The van der Waals surface area contributed by atoms with E-state index in [0.29, 0.717) is 0 Å². The Balaban J connectivity index is -0.0000000183. The van der Waals surface area contributed by atoms with Crippen LogP contribution in [0.1, 0.15) is 1.43 Å². The summed E-state index contributed by atoms with van der Waals surface area (Å²) >= 11 is 0. The molecule has 0 spiro atoms. The van der Waals surface area contributed by atoms with Crippen molar-refractivity contribution in [3.8, 4) is 0 Å². The fourth-order valence-electron chi connectivity index (χ4n) is 0. The first-order valence-corrected chi connectivity index (χ1v) is 0.975. The molecule has 7 heavy (non-hydrogen) atoms. The fourth-order valence-corrected chi connectivity index (χ4v) is 0. The number of hydrogen-bond donors (Lipinski definition) is 5. The largest absolute Gasteiger partial charge is 1.00 e. The van der Waals surface area contributed by atoms with Crippen LogP contribution in [-0.4, -0.2) is 32.9 Å². The minimum absolute atomic E-state index is 0. The Morgan fingerprint density at radius 2 is 1.00 bits per heavy atom. The molecule has 0 rings (SSSR count). The molecule has 0 saturated carbocycles. The molecule has 0 saturated heterocycles. The van der Waals surface area contributed by atoms with Gasteiger partial charge in [-0.15, -0.1) is 0 Å². The average molecular weight is 136 g/mol. The fraction of sp³-hybridized carbons (Fsp3) is 0. The molecule has 0 unspecified atom stereocenters. The van der Waals surface area contributed by atoms with Crippen molar-refractivity contribution in [2.45, 2.75) is 0 Å². The Bertz CT molecular complexity index is 17.1. The first kappa shape index (κ1) is 15.8. The molecule has 5 nitrogen and oxygen atoms in total. The van der Waals surface area contributed by atoms with E-state index in [1.165, 1.54) is 0 Å². The maximum Gasteiger partial charge on any atom is 1.00 e. The van der Waals surface area contributed by atoms with Crippen LogP contribution in [0.5, 0.6) is 0 Å². The van der Waals surface area contributed by atoms with Gasteiger partial charge in [0, 0.05) is 0 Å². The van der Waals surface area contributed by atoms with E-state index in [2.05, 4.69) is 0 Å². The predicted octanol–water partition coefficient (Wildman–Crippen LogP) is -4.92. The van der Waals surface area contributed by atoms with Gasteiger partial charge in [0.2, 0.25) is 0 Å². The van der Waals surface area contributed by atoms with E-state index < -0.39 is 7.32 Å². The third-order valence-corrected chi connectivity index (χ3v) is 0. The normalized spacial score (nSPS) is 4.71. The van der Waals surface area contributed by atoms with Crippen LogP contribution in [0.15, 0.2) is 0 Å². The standard InChI is InChI=1S/BH3O3.K.H2O2.H/c2-1(3)4;;1-2;/h2-4H;;1-2H;/q;+1;;-1. The molecule has 7 heteroatoms. The summed E-state index contributed by atoms with van der Waals surface area (Å²) in [5.74, 6) is 0. The SMILES string of the molecule is OB(O)O.OO.[H-].[K+]. The Morgan fingerprint density at radius 1 is 1.00 bits per heavy atom. The summed E-state index contributed by atoms with van der Waals surface area (Å²) in [6, 6.07) is 0. The summed E-state index contributed by atoms with van der Waals surface area (Å²) in [6.45, 7) is 0. The maximum atomic E-state index is 7.17. The average Bonchev–Trinajstić information content (AvgIpc) is 1.41. The van der Waals surface area contributed by atoms with Crippen LogP contribution in [0.4, 0.5) is 0 Å². The zero-order chi connectivity index (χ0) is 5.58. The molecular formula is H6BKO5. The summed E-state index contributed by atoms with van der Waals surface area (Å²) < 4.78 is 0. The van der Waals surface area contributed by atoms with E-state index in [-0.39, 0.29) is 52.8 Å². The van der Waals surface area contributed by atoms with Gasteiger partial charge in [-0.1, -0.05) is 0 Å². The Hall–Kier alpha value is 1.50. The van der Waals surface area contributed by atoms with Crippen LogP contribution in [0.2, 0.25) is 0 Å². The van der Waals surface area contributed by atoms with Crippen molar-refractivity contribution in [1.82, 2.24) is 0 Å². The summed E-state index contributed by atoms with van der Waals surface area (Å²) in [7, 11) is -2.17. The molecule has 0 bridgehead atoms. The molecule has 0 amide bonds. The van der Waals surface area contributed by atoms with Crippen molar-refractivity contribution in [3.05, 3.63) is 0 Å². The molecule has 0 fully saturated rings. The van der Waals surface area contributed by atoms with Crippen LogP contribution in [0.25, 0.3) is 0 Å². The molecule has 40 valence electrons. The van der Waals surface area contributed by atoms with Crippen LogP contribution >= 0.6 is 0 Å². The van der Waals surface area contributed by atoms with Gasteiger partial charge in [0.1, 0.15) is 0 Å². The van der Waals surface area contributed by atoms with Crippen LogP contribution in [0.3, 0.4) is 0 Å². The second-order valence-electron chi connectivity index (χ2n) is 0.346.